The standard InChI is InChI=1S/C52H56N4O7S2/c1-36(57)54-35-64-33-45(56-50(62)63-32-44-42-26-14-12-24-40(42)41-25-13-15-27-43(41)44)47(58)53-31-30-51(28-16-5-17-29-51)49(61)55-46(48(59)60)34-65-52(37-18-6-2-7-19-37,38-20-8-3-9-21-38)39-22-10-4-11-23-39/h2-4,6-15,18-27,44-46H,5,16-17,28-35H2,1H3,(H,53,58)(H,54,57)(H,55,61)(H,56,62)(H,59,60)/t45-,46-/m0/s1. The van der Waals surface area contributed by atoms with Crippen LogP contribution in [0.1, 0.15) is 79.2 Å². The lowest BCUT2D eigenvalue weighted by atomic mass is 9.71. The average Bonchev–Trinajstić information content (AvgIpc) is 3.66. The van der Waals surface area contributed by atoms with Crippen LogP contribution in [0.4, 0.5) is 4.79 Å². The number of carboxylic acids is 1. The zero-order valence-electron chi connectivity index (χ0n) is 36.5. The second-order valence-corrected chi connectivity index (χ2v) is 18.9. The number of hydrogen-bond acceptors (Lipinski definition) is 8. The topological polar surface area (TPSA) is 163 Å². The van der Waals surface area contributed by atoms with Crippen LogP contribution in [0.15, 0.2) is 140 Å². The van der Waals surface area contributed by atoms with Gasteiger partial charge in [0.2, 0.25) is 17.7 Å². The number of thioether (sulfide) groups is 2. The van der Waals surface area contributed by atoms with E-state index in [-0.39, 0.29) is 54.7 Å². The van der Waals surface area contributed by atoms with E-state index in [4.69, 9.17) is 4.74 Å². The summed E-state index contributed by atoms with van der Waals surface area (Å²) < 4.78 is 4.99. The smallest absolute Gasteiger partial charge is 0.407 e. The first kappa shape index (κ1) is 46.9. The third-order valence-electron chi connectivity index (χ3n) is 12.5. The number of ether oxygens (including phenoxy) is 1. The quantitative estimate of drug-likeness (QED) is 0.0293. The maximum absolute atomic E-state index is 14.5. The van der Waals surface area contributed by atoms with Crippen molar-refractivity contribution in [3.05, 3.63) is 167 Å². The van der Waals surface area contributed by atoms with Crippen molar-refractivity contribution in [2.75, 3.05) is 30.5 Å². The Hall–Kier alpha value is -6.05. The van der Waals surface area contributed by atoms with Crippen LogP contribution in [0.2, 0.25) is 0 Å². The van der Waals surface area contributed by atoms with E-state index in [9.17, 15) is 29.1 Å². The molecule has 2 atom stereocenters. The highest BCUT2D eigenvalue weighted by Gasteiger charge is 2.43. The summed E-state index contributed by atoms with van der Waals surface area (Å²) in [4.78, 5) is 66.3. The number of amides is 4. The lowest BCUT2D eigenvalue weighted by Crippen LogP contribution is -2.52. The highest BCUT2D eigenvalue weighted by molar-refractivity contribution is 8.00. The van der Waals surface area contributed by atoms with Crippen LogP contribution in [0.5, 0.6) is 0 Å². The molecular weight excluding hydrogens is 857 g/mol. The minimum atomic E-state index is -1.21. The second-order valence-electron chi connectivity index (χ2n) is 16.6. The van der Waals surface area contributed by atoms with Gasteiger partial charge in [0.1, 0.15) is 18.7 Å². The Morgan fingerprint density at radius 1 is 0.677 bits per heavy atom. The Balaban J connectivity index is 1.02. The van der Waals surface area contributed by atoms with Crippen LogP contribution in [0.3, 0.4) is 0 Å². The van der Waals surface area contributed by atoms with Crippen molar-refractivity contribution < 1.29 is 33.8 Å². The van der Waals surface area contributed by atoms with E-state index in [2.05, 4.69) is 33.4 Å². The molecule has 0 aliphatic heterocycles. The summed E-state index contributed by atoms with van der Waals surface area (Å²) in [7, 11) is 0. The van der Waals surface area contributed by atoms with Crippen LogP contribution in [0.25, 0.3) is 11.1 Å². The van der Waals surface area contributed by atoms with Gasteiger partial charge < -0.3 is 31.1 Å². The molecule has 0 bridgehead atoms. The summed E-state index contributed by atoms with van der Waals surface area (Å²) in [6.45, 7) is 1.60. The molecule has 0 radical (unpaired) electrons. The molecule has 0 saturated heterocycles. The number of nitrogens with one attached hydrogen (secondary N) is 4. The molecule has 4 amide bonds. The van der Waals surface area contributed by atoms with Gasteiger partial charge in [0, 0.05) is 30.9 Å². The van der Waals surface area contributed by atoms with E-state index in [1.165, 1.54) is 30.4 Å². The third kappa shape index (κ3) is 11.3. The van der Waals surface area contributed by atoms with Crippen LogP contribution in [-0.4, -0.2) is 77.5 Å². The van der Waals surface area contributed by atoms with Gasteiger partial charge in [-0.3, -0.25) is 14.4 Å². The number of benzene rings is 5. The van der Waals surface area contributed by atoms with Gasteiger partial charge in [-0.05, 0) is 58.2 Å². The molecule has 5 aromatic carbocycles. The zero-order chi connectivity index (χ0) is 45.7. The van der Waals surface area contributed by atoms with Gasteiger partial charge in [-0.1, -0.05) is 159 Å². The van der Waals surface area contributed by atoms with Gasteiger partial charge in [-0.25, -0.2) is 9.59 Å². The zero-order valence-corrected chi connectivity index (χ0v) is 38.1. The van der Waals surface area contributed by atoms with Crippen molar-refractivity contribution >= 4 is 53.3 Å². The molecule has 2 aliphatic carbocycles. The lowest BCUT2D eigenvalue weighted by Gasteiger charge is -2.38. The van der Waals surface area contributed by atoms with Gasteiger partial charge in [-0.15, -0.1) is 23.5 Å². The maximum Gasteiger partial charge on any atom is 0.407 e. The average molecular weight is 913 g/mol. The molecule has 1 fully saturated rings. The molecule has 13 heteroatoms. The first-order valence-corrected chi connectivity index (χ1v) is 24.3. The Bertz CT molecular complexity index is 2270. The van der Waals surface area contributed by atoms with E-state index in [0.717, 1.165) is 58.2 Å². The molecule has 7 rings (SSSR count). The Kier molecular flexibility index (Phi) is 16.0. The Morgan fingerprint density at radius 3 is 1.72 bits per heavy atom. The van der Waals surface area contributed by atoms with Gasteiger partial charge in [-0.2, -0.15) is 0 Å². The fourth-order valence-corrected chi connectivity index (χ4v) is 11.6. The molecule has 2 aliphatic rings. The number of rotatable bonds is 20. The maximum atomic E-state index is 14.5. The molecule has 11 nitrogen and oxygen atoms in total. The molecule has 65 heavy (non-hydrogen) atoms. The molecule has 0 unspecified atom stereocenters. The van der Waals surface area contributed by atoms with Gasteiger partial charge >= 0.3 is 12.1 Å². The Labute approximate surface area is 389 Å². The van der Waals surface area contributed by atoms with Crippen LogP contribution in [-0.2, 0) is 28.7 Å². The third-order valence-corrected chi connectivity index (χ3v) is 15.0. The molecule has 338 valence electrons. The van der Waals surface area contributed by atoms with Gasteiger partial charge in [0.15, 0.2) is 0 Å². The number of fused-ring (bicyclic) bond motifs is 3. The van der Waals surface area contributed by atoms with E-state index in [1.54, 1.807) is 0 Å². The predicted molar refractivity (Wildman–Crippen MR) is 258 cm³/mol. The number of aliphatic carboxylic acids is 1. The summed E-state index contributed by atoms with van der Waals surface area (Å²) in [5.74, 6) is -1.85. The summed E-state index contributed by atoms with van der Waals surface area (Å²) in [6.07, 6.45) is 3.16. The molecule has 0 aromatic heterocycles. The van der Waals surface area contributed by atoms with Crippen LogP contribution >= 0.6 is 23.5 Å². The molecule has 0 heterocycles. The molecule has 0 spiro atoms. The molecular formula is C52H56N4O7S2. The monoisotopic (exact) mass is 912 g/mol. The SMILES string of the molecule is CC(=O)NCSC[C@H](NC(=O)OCC1c2ccccc2-c2ccccc21)C(=O)NCCC1(C(=O)N[C@@H](CSC(c2ccccc2)(c2ccccc2)c2ccccc2)C(=O)O)CCCCC1. The minimum absolute atomic E-state index is 0.0753. The van der Waals surface area contributed by atoms with Crippen molar-refractivity contribution in [3.63, 3.8) is 0 Å². The number of hydrogen-bond donors (Lipinski definition) is 5. The summed E-state index contributed by atoms with van der Waals surface area (Å²) in [5, 5.41) is 22.0. The summed E-state index contributed by atoms with van der Waals surface area (Å²) in [6, 6.07) is 43.9. The fourth-order valence-electron chi connectivity index (χ4n) is 9.12. The van der Waals surface area contributed by atoms with E-state index >= 15 is 0 Å². The molecule has 5 N–H and O–H groups in total. The molecule has 1 saturated carbocycles. The number of carboxylic acid groups (broad SMARTS) is 1. The van der Waals surface area contributed by atoms with Gasteiger partial charge in [0.25, 0.3) is 0 Å². The van der Waals surface area contributed by atoms with Crippen molar-refractivity contribution in [1.82, 2.24) is 21.3 Å². The number of alkyl carbamates (subject to hydrolysis) is 1. The second kappa shape index (κ2) is 22.2. The molecule has 5 aromatic rings. The normalized spacial score (nSPS) is 15.0. The van der Waals surface area contributed by atoms with Crippen molar-refractivity contribution in [2.24, 2.45) is 5.41 Å². The lowest BCUT2D eigenvalue weighted by molar-refractivity contribution is -0.144. The predicted octanol–water partition coefficient (Wildman–Crippen LogP) is 8.47. The van der Waals surface area contributed by atoms with Gasteiger partial charge in [0.05, 0.1) is 16.0 Å². The first-order valence-electron chi connectivity index (χ1n) is 22.2. The van der Waals surface area contributed by atoms with E-state index in [0.29, 0.717) is 12.8 Å². The number of carbonyl (C=O) groups is 5. The first-order chi connectivity index (χ1) is 31.6. The van der Waals surface area contributed by atoms with E-state index in [1.807, 2.05) is 127 Å². The minimum Gasteiger partial charge on any atom is -0.480 e. The van der Waals surface area contributed by atoms with Crippen LogP contribution < -0.4 is 21.3 Å². The van der Waals surface area contributed by atoms with Crippen LogP contribution in [0, 0.1) is 5.41 Å². The fraction of sp³-hybridized carbons (Fsp3) is 0.327. The summed E-state index contributed by atoms with van der Waals surface area (Å²) >= 11 is 2.75. The summed E-state index contributed by atoms with van der Waals surface area (Å²) in [5.41, 5.74) is 6.37. The van der Waals surface area contributed by atoms with E-state index < -0.39 is 40.2 Å². The van der Waals surface area contributed by atoms with Crippen molar-refractivity contribution in [1.29, 1.82) is 0 Å². The van der Waals surface area contributed by atoms with Crippen molar-refractivity contribution in [2.45, 2.75) is 68.2 Å². The number of carbonyl (C=O) groups excluding carboxylic acids is 4. The largest absolute Gasteiger partial charge is 0.480 e. The highest BCUT2D eigenvalue weighted by atomic mass is 32.2. The van der Waals surface area contributed by atoms with Crippen molar-refractivity contribution in [3.8, 4) is 11.1 Å². The highest BCUT2D eigenvalue weighted by Crippen LogP contribution is 2.49. The Morgan fingerprint density at radius 2 is 1.20 bits per heavy atom.